The lowest BCUT2D eigenvalue weighted by molar-refractivity contribution is -0.164. The van der Waals surface area contributed by atoms with Gasteiger partial charge in [-0.2, -0.15) is 0 Å². The summed E-state index contributed by atoms with van der Waals surface area (Å²) < 4.78 is 12.8. The second kappa shape index (κ2) is 10.9. The zero-order valence-corrected chi connectivity index (χ0v) is 30.8. The van der Waals surface area contributed by atoms with Crippen molar-refractivity contribution < 1.29 is 14.3 Å². The number of ether oxygens (including phenoxy) is 2. The standard InChI is InChI=1S/C40H61NO3/c1-25(2)43-31-23-28-32(27(4)34(31)44-35(5,6)7)36(8,9)30(33(28)42)24-40(16)21-22-41(39(14,15)38(40,12)13)37(10,11)29-20-18-17-19-26(29)3/h17-20,23,25,30H,21-22,24H2,1-16H3. The summed E-state index contributed by atoms with van der Waals surface area (Å²) in [6, 6.07) is 10.8. The predicted octanol–water partition coefficient (Wildman–Crippen LogP) is 10.2. The van der Waals surface area contributed by atoms with E-state index in [1.807, 2.05) is 19.9 Å². The summed E-state index contributed by atoms with van der Waals surface area (Å²) in [5, 5.41) is 0. The summed E-state index contributed by atoms with van der Waals surface area (Å²) in [7, 11) is 0. The molecule has 0 radical (unpaired) electrons. The quantitative estimate of drug-likeness (QED) is 0.316. The molecule has 2 aromatic carbocycles. The second-order valence-electron chi connectivity index (χ2n) is 17.5. The first-order chi connectivity index (χ1) is 19.9. The van der Waals surface area contributed by atoms with E-state index >= 15 is 0 Å². The third-order valence-electron chi connectivity index (χ3n) is 12.1. The van der Waals surface area contributed by atoms with Gasteiger partial charge in [-0.05, 0) is 128 Å². The Balaban J connectivity index is 1.75. The summed E-state index contributed by atoms with van der Waals surface area (Å²) in [4.78, 5) is 17.3. The van der Waals surface area contributed by atoms with E-state index in [0.717, 1.165) is 41.8 Å². The van der Waals surface area contributed by atoms with E-state index in [1.165, 1.54) is 11.1 Å². The van der Waals surface area contributed by atoms with Crippen LogP contribution in [0.2, 0.25) is 0 Å². The van der Waals surface area contributed by atoms with Crippen molar-refractivity contribution in [2.75, 3.05) is 6.54 Å². The number of carbonyl (C=O) groups excluding carboxylic acids is 1. The molecule has 0 aromatic heterocycles. The van der Waals surface area contributed by atoms with Gasteiger partial charge in [0, 0.05) is 34.5 Å². The number of aryl methyl sites for hydroxylation is 1. The van der Waals surface area contributed by atoms with Crippen molar-refractivity contribution in [3.8, 4) is 11.5 Å². The lowest BCUT2D eigenvalue weighted by atomic mass is 9.49. The maximum absolute atomic E-state index is 14.5. The van der Waals surface area contributed by atoms with E-state index in [4.69, 9.17) is 9.47 Å². The Bertz CT molecular complexity index is 1420. The Morgan fingerprint density at radius 3 is 2.09 bits per heavy atom. The number of rotatable bonds is 7. The molecule has 0 saturated carbocycles. The third-order valence-corrected chi connectivity index (χ3v) is 12.1. The van der Waals surface area contributed by atoms with E-state index in [9.17, 15) is 4.79 Å². The van der Waals surface area contributed by atoms with Crippen LogP contribution in [0, 0.1) is 30.6 Å². The Hall–Kier alpha value is -2.33. The number of likely N-dealkylation sites (tertiary alicyclic amines) is 1. The van der Waals surface area contributed by atoms with Crippen molar-refractivity contribution >= 4 is 5.78 Å². The fraction of sp³-hybridized carbons (Fsp3) is 0.675. The van der Waals surface area contributed by atoms with Gasteiger partial charge in [-0.25, -0.2) is 0 Å². The molecule has 2 aromatic rings. The van der Waals surface area contributed by atoms with Gasteiger partial charge in [0.2, 0.25) is 0 Å². The first-order valence-electron chi connectivity index (χ1n) is 16.8. The summed E-state index contributed by atoms with van der Waals surface area (Å²) >= 11 is 0. The van der Waals surface area contributed by atoms with Gasteiger partial charge in [0.1, 0.15) is 5.60 Å². The molecule has 1 heterocycles. The maximum Gasteiger partial charge on any atom is 0.167 e. The van der Waals surface area contributed by atoms with Crippen LogP contribution in [-0.4, -0.2) is 34.5 Å². The lowest BCUT2D eigenvalue weighted by Gasteiger charge is -2.66. The highest BCUT2D eigenvalue weighted by Gasteiger charge is 2.61. The van der Waals surface area contributed by atoms with Crippen molar-refractivity contribution in [3.63, 3.8) is 0 Å². The Morgan fingerprint density at radius 2 is 1.55 bits per heavy atom. The van der Waals surface area contributed by atoms with E-state index in [1.54, 1.807) is 0 Å². The van der Waals surface area contributed by atoms with E-state index in [-0.39, 0.29) is 50.7 Å². The number of Topliss-reactive ketones (excluding diaryl/α,β-unsaturated/α-hetero) is 1. The Kier molecular flexibility index (Phi) is 8.55. The normalized spacial score (nSPS) is 24.8. The monoisotopic (exact) mass is 603 g/mol. The van der Waals surface area contributed by atoms with Crippen LogP contribution < -0.4 is 9.47 Å². The minimum absolute atomic E-state index is 0.0221. The van der Waals surface area contributed by atoms with Gasteiger partial charge in [-0.3, -0.25) is 9.69 Å². The number of carbonyl (C=O) groups is 1. The van der Waals surface area contributed by atoms with Crippen molar-refractivity contribution in [1.29, 1.82) is 0 Å². The largest absolute Gasteiger partial charge is 0.487 e. The lowest BCUT2D eigenvalue weighted by Crippen LogP contribution is -2.69. The zero-order chi connectivity index (χ0) is 33.4. The fourth-order valence-corrected chi connectivity index (χ4v) is 8.82. The zero-order valence-electron chi connectivity index (χ0n) is 30.8. The molecular weight excluding hydrogens is 542 g/mol. The summed E-state index contributed by atoms with van der Waals surface area (Å²) in [5.74, 6) is 1.58. The van der Waals surface area contributed by atoms with Gasteiger partial charge in [0.05, 0.1) is 6.10 Å². The van der Waals surface area contributed by atoms with E-state index in [0.29, 0.717) is 5.75 Å². The van der Waals surface area contributed by atoms with Crippen LogP contribution in [-0.2, 0) is 11.0 Å². The predicted molar refractivity (Wildman–Crippen MR) is 184 cm³/mol. The minimum atomic E-state index is -0.386. The van der Waals surface area contributed by atoms with Crippen LogP contribution in [0.25, 0.3) is 0 Å². The Morgan fingerprint density at radius 1 is 0.955 bits per heavy atom. The van der Waals surface area contributed by atoms with Crippen molar-refractivity contribution in [2.24, 2.45) is 16.7 Å². The molecule has 2 atom stereocenters. The number of ketones is 1. The van der Waals surface area contributed by atoms with Crippen LogP contribution in [0.1, 0.15) is 142 Å². The molecule has 0 amide bonds. The molecule has 1 fully saturated rings. The molecule has 1 saturated heterocycles. The molecule has 1 aliphatic heterocycles. The van der Waals surface area contributed by atoms with Crippen molar-refractivity contribution in [1.82, 2.24) is 4.90 Å². The molecule has 244 valence electrons. The van der Waals surface area contributed by atoms with Crippen LogP contribution in [0.5, 0.6) is 11.5 Å². The van der Waals surface area contributed by atoms with Gasteiger partial charge in [-0.1, -0.05) is 58.9 Å². The molecule has 44 heavy (non-hydrogen) atoms. The number of benzene rings is 2. The molecule has 4 nitrogen and oxygen atoms in total. The molecule has 0 spiro atoms. The molecule has 0 N–H and O–H groups in total. The number of fused-ring (bicyclic) bond motifs is 1. The van der Waals surface area contributed by atoms with Crippen LogP contribution >= 0.6 is 0 Å². The van der Waals surface area contributed by atoms with E-state index < -0.39 is 0 Å². The highest BCUT2D eigenvalue weighted by molar-refractivity contribution is 6.05. The first-order valence-corrected chi connectivity index (χ1v) is 16.8. The number of nitrogens with zero attached hydrogens (tertiary/aromatic N) is 1. The molecule has 4 rings (SSSR count). The maximum atomic E-state index is 14.5. The van der Waals surface area contributed by atoms with Crippen LogP contribution in [0.4, 0.5) is 0 Å². The average molecular weight is 604 g/mol. The molecule has 1 aliphatic carbocycles. The van der Waals surface area contributed by atoms with Gasteiger partial charge in [0.25, 0.3) is 0 Å². The van der Waals surface area contributed by atoms with Crippen LogP contribution in [0.15, 0.2) is 30.3 Å². The molecule has 4 heteroatoms. The second-order valence-corrected chi connectivity index (χ2v) is 17.5. The number of piperidine rings is 1. The molecule has 0 bridgehead atoms. The van der Waals surface area contributed by atoms with Crippen molar-refractivity contribution in [3.05, 3.63) is 58.1 Å². The number of hydrogen-bond acceptors (Lipinski definition) is 4. The molecular formula is C40H61NO3. The highest BCUT2D eigenvalue weighted by Crippen LogP contribution is 2.62. The first kappa shape index (κ1) is 34.5. The Labute approximate surface area is 269 Å². The van der Waals surface area contributed by atoms with Crippen LogP contribution in [0.3, 0.4) is 0 Å². The minimum Gasteiger partial charge on any atom is -0.487 e. The average Bonchev–Trinajstić information content (AvgIpc) is 3.04. The summed E-state index contributed by atoms with van der Waals surface area (Å²) in [6.45, 7) is 37.1. The third kappa shape index (κ3) is 5.41. The highest BCUT2D eigenvalue weighted by atomic mass is 16.5. The fourth-order valence-electron chi connectivity index (χ4n) is 8.82. The van der Waals surface area contributed by atoms with Gasteiger partial charge in [-0.15, -0.1) is 0 Å². The molecule has 2 aliphatic rings. The van der Waals surface area contributed by atoms with Gasteiger partial charge in [0.15, 0.2) is 17.3 Å². The summed E-state index contributed by atoms with van der Waals surface area (Å²) in [6.07, 6.45) is 1.86. The summed E-state index contributed by atoms with van der Waals surface area (Å²) in [5.41, 5.74) is 4.61. The van der Waals surface area contributed by atoms with Gasteiger partial charge < -0.3 is 9.47 Å². The molecule has 2 unspecified atom stereocenters. The van der Waals surface area contributed by atoms with E-state index in [2.05, 4.69) is 126 Å². The van der Waals surface area contributed by atoms with Gasteiger partial charge >= 0.3 is 0 Å². The van der Waals surface area contributed by atoms with Crippen molar-refractivity contribution in [2.45, 2.75) is 152 Å². The topological polar surface area (TPSA) is 38.8 Å². The number of hydrogen-bond donors (Lipinski definition) is 0. The SMILES string of the molecule is Cc1ccccc1C(C)(C)N1CCC(C)(CC2C(=O)c3cc(OC(C)C)c(OC(C)(C)C)c(C)c3C2(C)C)C(C)(C)C1(C)C. The smallest absolute Gasteiger partial charge is 0.167 e.